The highest BCUT2D eigenvalue weighted by atomic mass is 35.5. The lowest BCUT2D eigenvalue weighted by Crippen LogP contribution is -2.24. The van der Waals surface area contributed by atoms with Crippen molar-refractivity contribution in [3.63, 3.8) is 0 Å². The quantitative estimate of drug-likeness (QED) is 0.767. The van der Waals surface area contributed by atoms with E-state index in [0.29, 0.717) is 20.4 Å². The molecule has 0 aliphatic heterocycles. The smallest absolute Gasteiger partial charge is 0.326 e. The van der Waals surface area contributed by atoms with Crippen LogP contribution in [0.3, 0.4) is 0 Å². The minimum Gasteiger partial charge on any atom is -0.465 e. The summed E-state index contributed by atoms with van der Waals surface area (Å²) in [5.74, 6) is -0.927. The second-order valence-corrected chi connectivity index (χ2v) is 6.97. The Balaban J connectivity index is 2.67. The predicted octanol–water partition coefficient (Wildman–Crippen LogP) is 3.66. The number of amides is 1. The maximum atomic E-state index is 12.0. The van der Waals surface area contributed by atoms with Crippen molar-refractivity contribution in [1.82, 2.24) is 4.57 Å². The van der Waals surface area contributed by atoms with Crippen LogP contribution in [0, 0.1) is 5.92 Å². The average Bonchev–Trinajstić information content (AvgIpc) is 2.76. The molecule has 1 amide bonds. The van der Waals surface area contributed by atoms with Gasteiger partial charge in [0.1, 0.15) is 6.54 Å². The fourth-order valence-corrected chi connectivity index (χ4v) is 3.74. The lowest BCUT2D eigenvalue weighted by Gasteiger charge is -2.06. The maximum Gasteiger partial charge on any atom is 0.326 e. The molecule has 0 bridgehead atoms. The predicted molar refractivity (Wildman–Crippen MR) is 91.9 cm³/mol. The molecule has 0 fully saturated rings. The fraction of sp³-hybridized carbons (Fsp3) is 0.400. The van der Waals surface area contributed by atoms with Gasteiger partial charge in [-0.3, -0.25) is 9.59 Å². The van der Waals surface area contributed by atoms with Gasteiger partial charge in [0.05, 0.1) is 21.8 Å². The van der Waals surface area contributed by atoms with Crippen molar-refractivity contribution in [1.29, 1.82) is 0 Å². The summed E-state index contributed by atoms with van der Waals surface area (Å²) in [6.07, 6.45) is 0. The number of carbonyl (C=O) groups is 2. The van der Waals surface area contributed by atoms with E-state index in [1.807, 2.05) is 0 Å². The van der Waals surface area contributed by atoms with E-state index < -0.39 is 5.97 Å². The highest BCUT2D eigenvalue weighted by molar-refractivity contribution is 7.16. The fourth-order valence-electron chi connectivity index (χ4n) is 1.92. The van der Waals surface area contributed by atoms with E-state index in [-0.39, 0.29) is 25.0 Å². The largest absolute Gasteiger partial charge is 0.465 e. The number of rotatable bonds is 4. The minimum absolute atomic E-state index is 0.0700. The van der Waals surface area contributed by atoms with E-state index >= 15 is 0 Å². The number of nitrogens with zero attached hydrogens (tertiary/aromatic N) is 2. The Kier molecular flexibility index (Phi) is 5.84. The van der Waals surface area contributed by atoms with Crippen molar-refractivity contribution in [3.05, 3.63) is 27.0 Å². The van der Waals surface area contributed by atoms with Crippen molar-refractivity contribution in [2.75, 3.05) is 6.61 Å². The number of benzene rings is 1. The first kappa shape index (κ1) is 18.0. The molecule has 0 radical (unpaired) electrons. The third-order valence-electron chi connectivity index (χ3n) is 2.99. The number of aromatic nitrogens is 1. The Hall–Kier alpha value is -1.37. The van der Waals surface area contributed by atoms with Crippen LogP contribution in [0.1, 0.15) is 20.8 Å². The molecule has 0 spiro atoms. The first-order valence-electron chi connectivity index (χ1n) is 7.06. The topological polar surface area (TPSA) is 60.7 Å². The van der Waals surface area contributed by atoms with Gasteiger partial charge in [-0.2, -0.15) is 4.99 Å². The first-order chi connectivity index (χ1) is 10.8. The molecule has 1 heterocycles. The molecule has 0 atom stereocenters. The van der Waals surface area contributed by atoms with Gasteiger partial charge >= 0.3 is 5.97 Å². The van der Waals surface area contributed by atoms with Gasteiger partial charge in [0.15, 0.2) is 4.80 Å². The Labute approximate surface area is 147 Å². The number of hydrogen-bond donors (Lipinski definition) is 0. The average molecular weight is 375 g/mol. The van der Waals surface area contributed by atoms with Crippen LogP contribution in [0.15, 0.2) is 17.1 Å². The third-order valence-corrected chi connectivity index (χ3v) is 4.52. The zero-order chi connectivity index (χ0) is 17.1. The van der Waals surface area contributed by atoms with Crippen LogP contribution in [0.2, 0.25) is 10.0 Å². The molecule has 1 aromatic carbocycles. The molecule has 0 unspecified atom stereocenters. The summed E-state index contributed by atoms with van der Waals surface area (Å²) in [5.41, 5.74) is 0.615. The van der Waals surface area contributed by atoms with Crippen molar-refractivity contribution in [2.45, 2.75) is 27.3 Å². The van der Waals surface area contributed by atoms with Crippen LogP contribution in [0.4, 0.5) is 0 Å². The van der Waals surface area contributed by atoms with E-state index in [1.54, 1.807) is 37.5 Å². The third kappa shape index (κ3) is 4.13. The Morgan fingerprint density at radius 2 is 2.04 bits per heavy atom. The summed E-state index contributed by atoms with van der Waals surface area (Å²) in [5, 5.41) is 0.875. The SMILES string of the molecule is CCOC(=O)Cn1c(=NC(=O)C(C)C)sc2cc(Cl)cc(Cl)c21. The molecule has 2 aromatic rings. The zero-order valence-corrected chi connectivity index (χ0v) is 15.3. The molecule has 2 rings (SSSR count). The second kappa shape index (κ2) is 7.47. The number of ether oxygens (including phenoxy) is 1. The van der Waals surface area contributed by atoms with Gasteiger partial charge in [-0.25, -0.2) is 0 Å². The highest BCUT2D eigenvalue weighted by Crippen LogP contribution is 2.29. The maximum absolute atomic E-state index is 12.0. The molecular formula is C15H16Cl2N2O3S. The van der Waals surface area contributed by atoms with Crippen LogP contribution in [0.25, 0.3) is 10.2 Å². The number of halogens is 2. The van der Waals surface area contributed by atoms with Crippen molar-refractivity contribution in [3.8, 4) is 0 Å². The highest BCUT2D eigenvalue weighted by Gasteiger charge is 2.16. The van der Waals surface area contributed by atoms with Crippen LogP contribution < -0.4 is 4.80 Å². The van der Waals surface area contributed by atoms with Crippen LogP contribution >= 0.6 is 34.5 Å². The monoisotopic (exact) mass is 374 g/mol. The number of fused-ring (bicyclic) bond motifs is 1. The van der Waals surface area contributed by atoms with E-state index in [0.717, 1.165) is 4.70 Å². The number of carbonyl (C=O) groups excluding carboxylic acids is 2. The second-order valence-electron chi connectivity index (χ2n) is 5.11. The molecular weight excluding hydrogens is 359 g/mol. The van der Waals surface area contributed by atoms with Gasteiger partial charge < -0.3 is 9.30 Å². The van der Waals surface area contributed by atoms with Crippen LogP contribution in [-0.4, -0.2) is 23.1 Å². The standard InChI is InChI=1S/C15H16Cl2N2O3S/c1-4-22-12(20)7-19-13-10(17)5-9(16)6-11(13)23-15(19)18-14(21)8(2)3/h5-6,8H,4,7H2,1-3H3. The summed E-state index contributed by atoms with van der Waals surface area (Å²) in [4.78, 5) is 28.3. The number of esters is 1. The molecule has 8 heteroatoms. The molecule has 5 nitrogen and oxygen atoms in total. The van der Waals surface area contributed by atoms with Gasteiger partial charge in [0.25, 0.3) is 5.91 Å². The van der Waals surface area contributed by atoms with Crippen LogP contribution in [0.5, 0.6) is 0 Å². The molecule has 0 saturated carbocycles. The number of hydrogen-bond acceptors (Lipinski definition) is 4. The van der Waals surface area contributed by atoms with E-state index in [9.17, 15) is 9.59 Å². The zero-order valence-electron chi connectivity index (χ0n) is 12.9. The summed E-state index contributed by atoms with van der Waals surface area (Å²) < 4.78 is 7.33. The molecule has 0 N–H and O–H groups in total. The summed E-state index contributed by atoms with van der Waals surface area (Å²) >= 11 is 13.5. The molecule has 124 valence electrons. The van der Waals surface area contributed by atoms with Gasteiger partial charge in [0.2, 0.25) is 0 Å². The van der Waals surface area contributed by atoms with Crippen molar-refractivity contribution >= 4 is 56.6 Å². The van der Waals surface area contributed by atoms with Gasteiger partial charge in [-0.1, -0.05) is 48.4 Å². The van der Waals surface area contributed by atoms with Gasteiger partial charge in [-0.15, -0.1) is 0 Å². The summed E-state index contributed by atoms with van der Waals surface area (Å²) in [6.45, 7) is 5.46. The summed E-state index contributed by atoms with van der Waals surface area (Å²) in [7, 11) is 0. The molecule has 23 heavy (non-hydrogen) atoms. The van der Waals surface area contributed by atoms with E-state index in [4.69, 9.17) is 27.9 Å². The Morgan fingerprint density at radius 1 is 1.35 bits per heavy atom. The van der Waals surface area contributed by atoms with Crippen LogP contribution in [-0.2, 0) is 20.9 Å². The molecule has 0 aliphatic rings. The molecule has 0 aliphatic carbocycles. The Morgan fingerprint density at radius 3 is 2.65 bits per heavy atom. The van der Waals surface area contributed by atoms with E-state index in [2.05, 4.69) is 4.99 Å². The van der Waals surface area contributed by atoms with Crippen molar-refractivity contribution in [2.24, 2.45) is 10.9 Å². The molecule has 0 saturated heterocycles. The molecule has 1 aromatic heterocycles. The Bertz CT molecular complexity index is 824. The number of thiazole rings is 1. The lowest BCUT2D eigenvalue weighted by atomic mass is 10.2. The van der Waals surface area contributed by atoms with Gasteiger partial charge in [0, 0.05) is 10.9 Å². The lowest BCUT2D eigenvalue weighted by molar-refractivity contribution is -0.143. The summed E-state index contributed by atoms with van der Waals surface area (Å²) in [6, 6.07) is 3.32. The minimum atomic E-state index is -0.420. The van der Waals surface area contributed by atoms with Crippen molar-refractivity contribution < 1.29 is 14.3 Å². The normalized spacial score (nSPS) is 12.2. The van der Waals surface area contributed by atoms with E-state index in [1.165, 1.54) is 11.3 Å². The van der Waals surface area contributed by atoms with Gasteiger partial charge in [-0.05, 0) is 19.1 Å². The first-order valence-corrected chi connectivity index (χ1v) is 8.63.